The van der Waals surface area contributed by atoms with Gasteiger partial charge < -0.3 is 5.73 Å². The van der Waals surface area contributed by atoms with Crippen LogP contribution in [-0.4, -0.2) is 15.0 Å². The number of nitrogens with zero attached hydrogens (tertiary/aromatic N) is 3. The van der Waals surface area contributed by atoms with E-state index in [1.807, 2.05) is 0 Å². The van der Waals surface area contributed by atoms with Crippen LogP contribution < -0.4 is 5.73 Å². The number of thiophene rings is 1. The molecule has 3 rings (SSSR count). The lowest BCUT2D eigenvalue weighted by Gasteiger charge is -2.20. The van der Waals surface area contributed by atoms with E-state index in [2.05, 4.69) is 32.6 Å². The first-order valence-electron chi connectivity index (χ1n) is 6.78. The molecule has 0 unspecified atom stereocenters. The average Bonchev–Trinajstić information content (AvgIpc) is 2.85. The molecule has 0 atom stereocenters. The zero-order valence-electron chi connectivity index (χ0n) is 11.1. The van der Waals surface area contributed by atoms with Crippen molar-refractivity contribution in [2.24, 2.45) is 0 Å². The van der Waals surface area contributed by atoms with Crippen LogP contribution in [0.25, 0.3) is 11.4 Å². The lowest BCUT2D eigenvalue weighted by Crippen LogP contribution is -2.12. The van der Waals surface area contributed by atoms with Crippen LogP contribution in [0.1, 0.15) is 49.4 Å². The van der Waals surface area contributed by atoms with Crippen LogP contribution in [0.3, 0.4) is 0 Å². The fourth-order valence-electron chi connectivity index (χ4n) is 2.66. The third kappa shape index (κ3) is 2.61. The Hall–Kier alpha value is -1.49. The first kappa shape index (κ1) is 12.5. The Balaban J connectivity index is 1.98. The number of nitrogens with two attached hydrogens (primary N) is 1. The monoisotopic (exact) mass is 274 g/mol. The summed E-state index contributed by atoms with van der Waals surface area (Å²) in [5.74, 6) is 2.41. The Labute approximate surface area is 117 Å². The summed E-state index contributed by atoms with van der Waals surface area (Å²) >= 11 is 1.67. The van der Waals surface area contributed by atoms with Gasteiger partial charge in [0.25, 0.3) is 0 Å². The highest BCUT2D eigenvalue weighted by molar-refractivity contribution is 7.08. The van der Waals surface area contributed by atoms with Crippen molar-refractivity contribution in [1.29, 1.82) is 0 Å². The number of hydrogen-bond donors (Lipinski definition) is 1. The van der Waals surface area contributed by atoms with Gasteiger partial charge in [-0.05, 0) is 30.7 Å². The predicted molar refractivity (Wildman–Crippen MR) is 78.1 cm³/mol. The topological polar surface area (TPSA) is 64.7 Å². The molecular formula is C14H18N4S. The predicted octanol–water partition coefficient (Wildman–Crippen LogP) is 3.54. The van der Waals surface area contributed by atoms with Gasteiger partial charge >= 0.3 is 0 Å². The Kier molecular flexibility index (Phi) is 3.46. The fraction of sp³-hybridized carbons (Fsp3) is 0.500. The largest absolute Gasteiger partial charge is 0.368 e. The maximum absolute atomic E-state index is 5.86. The molecule has 0 radical (unpaired) electrons. The average molecular weight is 274 g/mol. The second kappa shape index (κ2) is 5.25. The first-order valence-corrected chi connectivity index (χ1v) is 7.73. The Morgan fingerprint density at radius 2 is 1.89 bits per heavy atom. The number of aryl methyl sites for hydroxylation is 1. The van der Waals surface area contributed by atoms with E-state index >= 15 is 0 Å². The van der Waals surface area contributed by atoms with Gasteiger partial charge in [-0.15, -0.1) is 0 Å². The highest BCUT2D eigenvalue weighted by Crippen LogP contribution is 2.32. The van der Waals surface area contributed by atoms with Gasteiger partial charge in [-0.2, -0.15) is 21.3 Å². The molecular weight excluding hydrogens is 256 g/mol. The van der Waals surface area contributed by atoms with Crippen molar-refractivity contribution in [2.45, 2.75) is 44.9 Å². The first-order chi connectivity index (χ1) is 9.24. The normalized spacial score (nSPS) is 16.7. The van der Waals surface area contributed by atoms with Crippen molar-refractivity contribution >= 4 is 17.3 Å². The Morgan fingerprint density at radius 3 is 2.58 bits per heavy atom. The van der Waals surface area contributed by atoms with Crippen LogP contribution in [0.2, 0.25) is 0 Å². The summed E-state index contributed by atoms with van der Waals surface area (Å²) in [6.07, 6.45) is 6.21. The maximum atomic E-state index is 5.86. The molecule has 1 aliphatic rings. The van der Waals surface area contributed by atoms with E-state index in [0.29, 0.717) is 11.9 Å². The molecule has 100 valence electrons. The van der Waals surface area contributed by atoms with Gasteiger partial charge in [0.15, 0.2) is 5.82 Å². The van der Waals surface area contributed by atoms with E-state index in [9.17, 15) is 0 Å². The van der Waals surface area contributed by atoms with Gasteiger partial charge in [0.1, 0.15) is 5.82 Å². The summed E-state index contributed by atoms with van der Waals surface area (Å²) in [6, 6.07) is 0. The molecule has 5 heteroatoms. The molecule has 2 aromatic heterocycles. The van der Waals surface area contributed by atoms with Gasteiger partial charge in [0.2, 0.25) is 5.95 Å². The summed E-state index contributed by atoms with van der Waals surface area (Å²) in [6.45, 7) is 2.08. The van der Waals surface area contributed by atoms with Crippen molar-refractivity contribution in [1.82, 2.24) is 15.0 Å². The number of aromatic nitrogens is 3. The second-order valence-electron chi connectivity index (χ2n) is 5.18. The number of nitrogen functional groups attached to an aromatic ring is 1. The number of hydrogen-bond acceptors (Lipinski definition) is 5. The van der Waals surface area contributed by atoms with Crippen molar-refractivity contribution in [3.8, 4) is 11.4 Å². The third-order valence-electron chi connectivity index (χ3n) is 3.74. The quantitative estimate of drug-likeness (QED) is 0.909. The fourth-order valence-corrected chi connectivity index (χ4v) is 3.49. The highest BCUT2D eigenvalue weighted by Gasteiger charge is 2.20. The van der Waals surface area contributed by atoms with Crippen LogP contribution in [0, 0.1) is 6.92 Å². The van der Waals surface area contributed by atoms with Gasteiger partial charge in [-0.3, -0.25) is 0 Å². The smallest absolute Gasteiger partial charge is 0.223 e. The summed E-state index contributed by atoms with van der Waals surface area (Å²) in [7, 11) is 0. The Morgan fingerprint density at radius 1 is 1.11 bits per heavy atom. The molecule has 0 saturated heterocycles. The zero-order valence-corrected chi connectivity index (χ0v) is 11.9. The summed E-state index contributed by atoms with van der Waals surface area (Å²) in [4.78, 5) is 13.3. The molecule has 2 N–H and O–H groups in total. The molecule has 19 heavy (non-hydrogen) atoms. The van der Waals surface area contributed by atoms with Gasteiger partial charge in [-0.1, -0.05) is 19.3 Å². The SMILES string of the molecule is Cc1cscc1-c1nc(N)nc(C2CCCCC2)n1. The van der Waals surface area contributed by atoms with Crippen LogP contribution in [-0.2, 0) is 0 Å². The van der Waals surface area contributed by atoms with Crippen molar-refractivity contribution in [2.75, 3.05) is 5.73 Å². The highest BCUT2D eigenvalue weighted by atomic mass is 32.1. The van der Waals surface area contributed by atoms with Crippen molar-refractivity contribution < 1.29 is 0 Å². The minimum absolute atomic E-state index is 0.344. The molecule has 0 spiro atoms. The standard InChI is InChI=1S/C14H18N4S/c1-9-7-19-8-11(9)13-16-12(17-14(15)18-13)10-5-3-2-4-6-10/h7-8,10H,2-6H2,1H3,(H2,15,16,17,18). The van der Waals surface area contributed by atoms with Crippen LogP contribution in [0.4, 0.5) is 5.95 Å². The summed E-state index contributed by atoms with van der Waals surface area (Å²) < 4.78 is 0. The molecule has 0 aromatic carbocycles. The van der Waals surface area contributed by atoms with E-state index in [-0.39, 0.29) is 0 Å². The van der Waals surface area contributed by atoms with Gasteiger partial charge in [0, 0.05) is 16.9 Å². The molecule has 2 heterocycles. The van der Waals surface area contributed by atoms with E-state index < -0.39 is 0 Å². The summed E-state index contributed by atoms with van der Waals surface area (Å²) in [5.41, 5.74) is 8.14. The lowest BCUT2D eigenvalue weighted by molar-refractivity contribution is 0.428. The van der Waals surface area contributed by atoms with Crippen LogP contribution in [0.5, 0.6) is 0 Å². The summed E-state index contributed by atoms with van der Waals surface area (Å²) in [5, 5.41) is 4.18. The third-order valence-corrected chi connectivity index (χ3v) is 4.60. The molecule has 0 aliphatic heterocycles. The zero-order chi connectivity index (χ0) is 13.2. The minimum atomic E-state index is 0.344. The van der Waals surface area contributed by atoms with E-state index in [0.717, 1.165) is 17.2 Å². The minimum Gasteiger partial charge on any atom is -0.368 e. The maximum Gasteiger partial charge on any atom is 0.223 e. The van der Waals surface area contributed by atoms with Crippen LogP contribution >= 0.6 is 11.3 Å². The number of anilines is 1. The molecule has 1 fully saturated rings. The van der Waals surface area contributed by atoms with Crippen molar-refractivity contribution in [3.63, 3.8) is 0 Å². The van der Waals surface area contributed by atoms with E-state index in [4.69, 9.17) is 5.73 Å². The van der Waals surface area contributed by atoms with Gasteiger partial charge in [-0.25, -0.2) is 4.98 Å². The van der Waals surface area contributed by atoms with Crippen LogP contribution in [0.15, 0.2) is 10.8 Å². The van der Waals surface area contributed by atoms with Crippen molar-refractivity contribution in [3.05, 3.63) is 22.1 Å². The molecule has 1 aliphatic carbocycles. The molecule has 0 amide bonds. The Bertz CT molecular complexity index is 573. The molecule has 2 aromatic rings. The molecule has 4 nitrogen and oxygen atoms in total. The van der Waals surface area contributed by atoms with E-state index in [1.54, 1.807) is 11.3 Å². The van der Waals surface area contributed by atoms with E-state index in [1.165, 1.54) is 37.7 Å². The number of rotatable bonds is 2. The molecule has 1 saturated carbocycles. The van der Waals surface area contributed by atoms with Gasteiger partial charge in [0.05, 0.1) is 0 Å². The molecule has 0 bridgehead atoms. The lowest BCUT2D eigenvalue weighted by atomic mass is 9.89. The second-order valence-corrected chi connectivity index (χ2v) is 5.92.